The number of carbonyl (C=O) groups is 6. The quantitative estimate of drug-likeness (QED) is 0.311. The number of rotatable bonds is 11. The van der Waals surface area contributed by atoms with E-state index in [2.05, 4.69) is 16.0 Å². The van der Waals surface area contributed by atoms with E-state index in [0.717, 1.165) is 0 Å². The number of Topliss-reactive ketones (excluding diaryl/α,β-unsaturated/α-hetero) is 1. The number of nitrogens with zero attached hydrogens (tertiary/aromatic N) is 1. The zero-order valence-electron chi connectivity index (χ0n) is 22.5. The van der Waals surface area contributed by atoms with Crippen molar-refractivity contribution < 1.29 is 47.0 Å². The van der Waals surface area contributed by atoms with Gasteiger partial charge in [0.1, 0.15) is 12.6 Å². The molecule has 0 aromatic heterocycles. The largest absolute Gasteiger partial charge is 0.480 e. The maximum Gasteiger partial charge on any atom is 0.451 e. The van der Waals surface area contributed by atoms with E-state index in [-0.39, 0.29) is 24.1 Å². The van der Waals surface area contributed by atoms with Gasteiger partial charge in [0.05, 0.1) is 12.1 Å². The van der Waals surface area contributed by atoms with Crippen LogP contribution in [0, 0.1) is 11.8 Å². The fourth-order valence-electron chi connectivity index (χ4n) is 4.48. The van der Waals surface area contributed by atoms with E-state index in [4.69, 9.17) is 5.11 Å². The van der Waals surface area contributed by atoms with E-state index in [0.29, 0.717) is 6.42 Å². The molecule has 0 bridgehead atoms. The molecule has 11 nitrogen and oxygen atoms in total. The van der Waals surface area contributed by atoms with Crippen molar-refractivity contribution in [2.75, 3.05) is 13.1 Å². The van der Waals surface area contributed by atoms with Crippen molar-refractivity contribution in [3.8, 4) is 0 Å². The van der Waals surface area contributed by atoms with Gasteiger partial charge >= 0.3 is 12.1 Å². The van der Waals surface area contributed by atoms with Crippen LogP contribution in [0.4, 0.5) is 13.2 Å². The van der Waals surface area contributed by atoms with Gasteiger partial charge in [-0.25, -0.2) is 0 Å². The Kier molecular flexibility index (Phi) is 10.9. The molecule has 0 saturated carbocycles. The number of carboxylic acids is 1. The molecular formula is C26H33F3N4O7. The van der Waals surface area contributed by atoms with Gasteiger partial charge in [-0.2, -0.15) is 13.2 Å². The van der Waals surface area contributed by atoms with E-state index in [9.17, 15) is 41.9 Å². The highest BCUT2D eigenvalue weighted by Gasteiger charge is 2.50. The summed E-state index contributed by atoms with van der Waals surface area (Å²) in [6, 6.07) is 1.28. The first kappa shape index (κ1) is 32.4. The van der Waals surface area contributed by atoms with Crippen LogP contribution in [-0.2, 0) is 19.2 Å². The van der Waals surface area contributed by atoms with Crippen molar-refractivity contribution in [1.82, 2.24) is 20.9 Å². The van der Waals surface area contributed by atoms with E-state index < -0.39 is 78.1 Å². The molecule has 4 N–H and O–H groups in total. The molecule has 14 heteroatoms. The van der Waals surface area contributed by atoms with Crippen LogP contribution < -0.4 is 16.0 Å². The van der Waals surface area contributed by atoms with Gasteiger partial charge in [-0.05, 0) is 55.5 Å². The van der Waals surface area contributed by atoms with Crippen LogP contribution in [0.25, 0.3) is 0 Å². The van der Waals surface area contributed by atoms with E-state index in [1.807, 2.05) is 0 Å². The summed E-state index contributed by atoms with van der Waals surface area (Å²) in [6.07, 6.45) is -4.57. The number of ketones is 1. The predicted molar refractivity (Wildman–Crippen MR) is 135 cm³/mol. The molecular weight excluding hydrogens is 537 g/mol. The third-order valence-corrected chi connectivity index (χ3v) is 6.43. The Morgan fingerprint density at radius 2 is 1.50 bits per heavy atom. The van der Waals surface area contributed by atoms with Crippen LogP contribution in [0.3, 0.4) is 0 Å². The van der Waals surface area contributed by atoms with Gasteiger partial charge in [0.15, 0.2) is 0 Å². The highest BCUT2D eigenvalue weighted by atomic mass is 19.4. The number of carboxylic acid groups (broad SMARTS) is 1. The molecule has 1 aliphatic rings. The Morgan fingerprint density at radius 1 is 0.950 bits per heavy atom. The van der Waals surface area contributed by atoms with Gasteiger partial charge in [0.2, 0.25) is 11.8 Å². The summed E-state index contributed by atoms with van der Waals surface area (Å²) in [5.74, 6) is -7.50. The van der Waals surface area contributed by atoms with Crippen molar-refractivity contribution in [1.29, 1.82) is 0 Å². The molecule has 40 heavy (non-hydrogen) atoms. The molecule has 0 spiro atoms. The minimum Gasteiger partial charge on any atom is -0.480 e. The van der Waals surface area contributed by atoms with E-state index in [1.54, 1.807) is 13.8 Å². The average molecular weight is 571 g/mol. The van der Waals surface area contributed by atoms with Crippen molar-refractivity contribution in [3.63, 3.8) is 0 Å². The minimum absolute atomic E-state index is 0.0750. The molecule has 1 aliphatic heterocycles. The molecule has 1 unspecified atom stereocenters. The van der Waals surface area contributed by atoms with Crippen LogP contribution in [-0.4, -0.2) is 82.8 Å². The van der Waals surface area contributed by atoms with Crippen LogP contribution in [0.2, 0.25) is 0 Å². The Bertz CT molecular complexity index is 1140. The van der Waals surface area contributed by atoms with Gasteiger partial charge in [-0.15, -0.1) is 0 Å². The molecule has 1 fully saturated rings. The van der Waals surface area contributed by atoms with E-state index >= 15 is 0 Å². The Labute approximate surface area is 228 Å². The topological polar surface area (TPSA) is 162 Å². The first-order chi connectivity index (χ1) is 18.5. The first-order valence-corrected chi connectivity index (χ1v) is 12.7. The zero-order chi connectivity index (χ0) is 30.4. The second-order valence-electron chi connectivity index (χ2n) is 10.1. The minimum atomic E-state index is -5.08. The average Bonchev–Trinajstić information content (AvgIpc) is 3.34. The SMILES string of the molecule is CC(C)C(C(=O)C(F)(F)F)N1CCC[C@H]1C(=O)NC(=O)[C@@H](NC(=O)c1ccc(C(=O)NCC(=O)O)cc1)C(C)C. The predicted octanol–water partition coefficient (Wildman–Crippen LogP) is 1.52. The summed E-state index contributed by atoms with van der Waals surface area (Å²) in [5.41, 5.74) is 0.179. The number of halogens is 3. The van der Waals surface area contributed by atoms with Gasteiger partial charge < -0.3 is 15.7 Å². The maximum atomic E-state index is 13.2. The molecule has 220 valence electrons. The zero-order valence-corrected chi connectivity index (χ0v) is 22.5. The molecule has 1 aromatic rings. The number of amides is 4. The fraction of sp³-hybridized carbons (Fsp3) is 0.538. The lowest BCUT2D eigenvalue weighted by atomic mass is 9.96. The smallest absolute Gasteiger partial charge is 0.451 e. The number of carbonyl (C=O) groups excluding carboxylic acids is 5. The molecule has 4 amide bonds. The number of likely N-dealkylation sites (tertiary alicyclic amines) is 1. The summed E-state index contributed by atoms with van der Waals surface area (Å²) >= 11 is 0. The number of imide groups is 1. The van der Waals surface area contributed by atoms with Crippen molar-refractivity contribution in [2.24, 2.45) is 11.8 Å². The standard InChI is InChI=1S/C26H33F3N4O7/c1-13(2)19(31-23(38)16-9-7-15(8-10-16)22(37)30-12-18(34)35)25(40)32-24(39)17-6-5-11-33(17)20(14(3)4)21(36)26(27,28)29/h7-10,13-14,17,19-20H,5-6,11-12H2,1-4H3,(H,30,37)(H,31,38)(H,34,35)(H,32,39,40)/t17-,19-,20?/m0/s1. The highest BCUT2D eigenvalue weighted by Crippen LogP contribution is 2.30. The number of hydrogen-bond acceptors (Lipinski definition) is 7. The summed E-state index contributed by atoms with van der Waals surface area (Å²) in [5, 5.41) is 15.5. The van der Waals surface area contributed by atoms with Crippen molar-refractivity contribution in [2.45, 2.75) is 64.8 Å². The van der Waals surface area contributed by atoms with Crippen LogP contribution in [0.15, 0.2) is 24.3 Å². The monoisotopic (exact) mass is 570 g/mol. The number of aliphatic carboxylic acids is 1. The van der Waals surface area contributed by atoms with Crippen LogP contribution in [0.5, 0.6) is 0 Å². The van der Waals surface area contributed by atoms with Gasteiger partial charge in [-0.3, -0.25) is 39.0 Å². The number of hydrogen-bond donors (Lipinski definition) is 4. The molecule has 1 saturated heterocycles. The lowest BCUT2D eigenvalue weighted by molar-refractivity contribution is -0.179. The lowest BCUT2D eigenvalue weighted by Crippen LogP contribution is -2.58. The summed E-state index contributed by atoms with van der Waals surface area (Å²) in [4.78, 5) is 74.6. The van der Waals surface area contributed by atoms with Gasteiger partial charge in [0, 0.05) is 11.1 Å². The Balaban J connectivity index is 2.11. The number of benzene rings is 1. The van der Waals surface area contributed by atoms with E-state index in [1.165, 1.54) is 43.0 Å². The summed E-state index contributed by atoms with van der Waals surface area (Å²) in [6.45, 7) is 5.62. The van der Waals surface area contributed by atoms with Crippen LogP contribution in [0.1, 0.15) is 61.3 Å². The molecule has 3 atom stereocenters. The van der Waals surface area contributed by atoms with Crippen molar-refractivity contribution in [3.05, 3.63) is 35.4 Å². The summed E-state index contributed by atoms with van der Waals surface area (Å²) in [7, 11) is 0. The fourth-order valence-corrected chi connectivity index (χ4v) is 4.48. The molecule has 0 aliphatic carbocycles. The normalized spacial score (nSPS) is 17.3. The van der Waals surface area contributed by atoms with Crippen LogP contribution >= 0.6 is 0 Å². The third kappa shape index (κ3) is 8.34. The Hall–Kier alpha value is -3.81. The maximum absolute atomic E-state index is 13.2. The molecule has 1 heterocycles. The second kappa shape index (κ2) is 13.5. The lowest BCUT2D eigenvalue weighted by Gasteiger charge is -2.34. The third-order valence-electron chi connectivity index (χ3n) is 6.43. The van der Waals surface area contributed by atoms with Crippen molar-refractivity contribution >= 4 is 35.4 Å². The highest BCUT2D eigenvalue weighted by molar-refractivity contribution is 6.04. The second-order valence-corrected chi connectivity index (χ2v) is 10.1. The molecule has 1 aromatic carbocycles. The van der Waals surface area contributed by atoms with Gasteiger partial charge in [0.25, 0.3) is 17.6 Å². The Morgan fingerprint density at radius 3 is 1.98 bits per heavy atom. The number of nitrogens with one attached hydrogen (secondary N) is 3. The summed E-state index contributed by atoms with van der Waals surface area (Å²) < 4.78 is 39.7. The molecule has 2 rings (SSSR count). The molecule has 0 radical (unpaired) electrons. The first-order valence-electron chi connectivity index (χ1n) is 12.7. The number of alkyl halides is 3. The van der Waals surface area contributed by atoms with Gasteiger partial charge in [-0.1, -0.05) is 27.7 Å².